The van der Waals surface area contributed by atoms with Gasteiger partial charge in [-0.05, 0) is 42.7 Å². The first kappa shape index (κ1) is 48.6. The fourth-order valence-corrected chi connectivity index (χ4v) is 4.98. The molecule has 0 aliphatic rings. The second-order valence-corrected chi connectivity index (χ2v) is 12.5. The van der Waals surface area contributed by atoms with Crippen molar-refractivity contribution in [3.63, 3.8) is 0 Å². The van der Waals surface area contributed by atoms with Gasteiger partial charge in [0.25, 0.3) is 0 Å². The molecule has 0 saturated heterocycles. The number of hydrogen-bond acceptors (Lipinski definition) is 13. The zero-order valence-corrected chi connectivity index (χ0v) is 33.6. The van der Waals surface area contributed by atoms with Crippen molar-refractivity contribution in [2.45, 2.75) is 51.9 Å². The van der Waals surface area contributed by atoms with Gasteiger partial charge in [0.1, 0.15) is 24.7 Å². The molecule has 55 heavy (non-hydrogen) atoms. The van der Waals surface area contributed by atoms with Crippen LogP contribution in [0.3, 0.4) is 0 Å². The third-order valence-electron chi connectivity index (χ3n) is 7.99. The van der Waals surface area contributed by atoms with Crippen molar-refractivity contribution in [2.75, 3.05) is 151 Å². The van der Waals surface area contributed by atoms with Crippen molar-refractivity contribution in [3.8, 4) is 11.5 Å². The number of nitrogens with two attached hydrogens (primary N) is 1. The number of para-hydroxylation sites is 2. The van der Waals surface area contributed by atoms with Crippen molar-refractivity contribution in [1.29, 1.82) is 0 Å². The molecule has 2 aromatic rings. The lowest BCUT2D eigenvalue weighted by atomic mass is 10.0. The van der Waals surface area contributed by atoms with Crippen LogP contribution < -0.4 is 15.2 Å². The lowest BCUT2D eigenvalue weighted by Gasteiger charge is -2.10. The quantitative estimate of drug-likeness (QED) is 0.0643. The highest BCUT2D eigenvalue weighted by Crippen LogP contribution is 2.19. The van der Waals surface area contributed by atoms with Crippen molar-refractivity contribution in [2.24, 2.45) is 0 Å². The standard InChI is InChI=1S/C42H71NO12/c1-2-3-4-5-6-7-10-39-13-15-40(16-14-39)54-37-35-52-33-31-50-29-27-48-25-23-46-21-19-44-17-18-45-20-22-47-24-26-49-28-30-51-32-34-53-36-38-55-42-12-9-8-11-41(42)43/h8-9,11-16H,2-7,10,17-38,43H2,1H3. The molecule has 0 aliphatic heterocycles. The number of nitrogen functional groups attached to an aromatic ring is 1. The molecule has 13 heteroatoms. The van der Waals surface area contributed by atoms with E-state index in [9.17, 15) is 0 Å². The first-order valence-electron chi connectivity index (χ1n) is 20.3. The summed E-state index contributed by atoms with van der Waals surface area (Å²) in [5.41, 5.74) is 7.82. The van der Waals surface area contributed by atoms with Gasteiger partial charge in [-0.3, -0.25) is 0 Å². The van der Waals surface area contributed by atoms with E-state index in [4.69, 9.17) is 62.6 Å². The maximum absolute atomic E-state index is 5.83. The van der Waals surface area contributed by atoms with Crippen LogP contribution in [0, 0.1) is 0 Å². The molecule has 0 spiro atoms. The maximum Gasteiger partial charge on any atom is 0.142 e. The smallest absolute Gasteiger partial charge is 0.142 e. The zero-order valence-electron chi connectivity index (χ0n) is 33.6. The highest BCUT2D eigenvalue weighted by molar-refractivity contribution is 5.51. The normalized spacial score (nSPS) is 11.4. The molecule has 0 saturated carbocycles. The number of rotatable bonds is 42. The molecule has 0 fully saturated rings. The Hall–Kier alpha value is -2.56. The van der Waals surface area contributed by atoms with E-state index >= 15 is 0 Å². The maximum atomic E-state index is 5.83. The second kappa shape index (κ2) is 38.3. The van der Waals surface area contributed by atoms with Gasteiger partial charge < -0.3 is 62.6 Å². The molecule has 0 radical (unpaired) electrons. The summed E-state index contributed by atoms with van der Waals surface area (Å²) in [7, 11) is 0. The number of hydrogen-bond donors (Lipinski definition) is 1. The molecule has 0 aliphatic carbocycles. The van der Waals surface area contributed by atoms with Gasteiger partial charge in [-0.2, -0.15) is 0 Å². The van der Waals surface area contributed by atoms with Crippen LogP contribution in [-0.2, 0) is 53.8 Å². The summed E-state index contributed by atoms with van der Waals surface area (Å²) in [4.78, 5) is 0. The Bertz CT molecular complexity index is 1080. The van der Waals surface area contributed by atoms with Crippen LogP contribution in [0.25, 0.3) is 0 Å². The van der Waals surface area contributed by atoms with Crippen molar-refractivity contribution in [3.05, 3.63) is 54.1 Å². The first-order valence-corrected chi connectivity index (χ1v) is 20.3. The topological polar surface area (TPSA) is 137 Å². The third kappa shape index (κ3) is 31.2. The van der Waals surface area contributed by atoms with Crippen LogP contribution in [0.2, 0.25) is 0 Å². The Kier molecular flexibility index (Phi) is 33.9. The molecule has 0 aromatic heterocycles. The van der Waals surface area contributed by atoms with Gasteiger partial charge in [0.15, 0.2) is 0 Å². The summed E-state index contributed by atoms with van der Waals surface area (Å²) in [6.07, 6.45) is 9.08. The van der Waals surface area contributed by atoms with Crippen LogP contribution in [0.1, 0.15) is 51.0 Å². The minimum atomic E-state index is 0.438. The largest absolute Gasteiger partial charge is 0.491 e. The minimum Gasteiger partial charge on any atom is -0.491 e. The van der Waals surface area contributed by atoms with Crippen LogP contribution in [0.5, 0.6) is 11.5 Å². The third-order valence-corrected chi connectivity index (χ3v) is 7.99. The summed E-state index contributed by atoms with van der Waals surface area (Å²) in [5.74, 6) is 1.55. The highest BCUT2D eigenvalue weighted by Gasteiger charge is 2.00. The summed E-state index contributed by atoms with van der Waals surface area (Å²) >= 11 is 0. The molecule has 2 rings (SSSR count). The van der Waals surface area contributed by atoms with Crippen molar-refractivity contribution in [1.82, 2.24) is 0 Å². The molecular weight excluding hydrogens is 710 g/mol. The van der Waals surface area contributed by atoms with E-state index < -0.39 is 0 Å². The predicted octanol–water partition coefficient (Wildman–Crippen LogP) is 5.80. The fourth-order valence-electron chi connectivity index (χ4n) is 4.98. The summed E-state index contributed by atoms with van der Waals surface area (Å²) < 4.78 is 66.5. The Morgan fingerprint density at radius 3 is 1.11 bits per heavy atom. The molecule has 0 atom stereocenters. The molecule has 0 unspecified atom stereocenters. The zero-order chi connectivity index (χ0) is 39.0. The average molecular weight is 782 g/mol. The van der Waals surface area contributed by atoms with E-state index in [1.54, 1.807) is 6.07 Å². The molecule has 316 valence electrons. The number of ether oxygens (including phenoxy) is 12. The Morgan fingerprint density at radius 1 is 0.364 bits per heavy atom. The van der Waals surface area contributed by atoms with Gasteiger partial charge in [0.2, 0.25) is 0 Å². The van der Waals surface area contributed by atoms with E-state index in [0.717, 1.165) is 12.2 Å². The van der Waals surface area contributed by atoms with Crippen LogP contribution in [0.4, 0.5) is 5.69 Å². The average Bonchev–Trinajstić information content (AvgIpc) is 3.20. The lowest BCUT2D eigenvalue weighted by molar-refractivity contribution is -0.0269. The molecule has 0 amide bonds. The van der Waals surface area contributed by atoms with E-state index in [-0.39, 0.29) is 0 Å². The monoisotopic (exact) mass is 781 g/mol. The number of anilines is 1. The fraction of sp³-hybridized carbons (Fsp3) is 0.714. The highest BCUT2D eigenvalue weighted by atomic mass is 16.6. The number of benzene rings is 2. The van der Waals surface area contributed by atoms with Crippen LogP contribution in [0.15, 0.2) is 48.5 Å². The van der Waals surface area contributed by atoms with Crippen LogP contribution in [-0.4, -0.2) is 145 Å². The minimum absolute atomic E-state index is 0.438. The summed E-state index contributed by atoms with van der Waals surface area (Å²) in [6.45, 7) is 13.4. The summed E-state index contributed by atoms with van der Waals surface area (Å²) in [5, 5.41) is 0. The molecule has 2 aromatic carbocycles. The first-order chi connectivity index (χ1) is 27.3. The molecule has 13 nitrogen and oxygen atoms in total. The lowest BCUT2D eigenvalue weighted by Crippen LogP contribution is -2.15. The van der Waals surface area contributed by atoms with Gasteiger partial charge in [-0.1, -0.05) is 63.3 Å². The summed E-state index contributed by atoms with van der Waals surface area (Å²) in [6, 6.07) is 15.8. The van der Waals surface area contributed by atoms with Gasteiger partial charge in [0, 0.05) is 0 Å². The van der Waals surface area contributed by atoms with Crippen molar-refractivity contribution < 1.29 is 56.8 Å². The van der Waals surface area contributed by atoms with E-state index in [0.29, 0.717) is 157 Å². The Morgan fingerprint density at radius 2 is 0.709 bits per heavy atom. The van der Waals surface area contributed by atoms with Gasteiger partial charge >= 0.3 is 0 Å². The van der Waals surface area contributed by atoms with E-state index in [2.05, 4.69) is 19.1 Å². The molecule has 0 bridgehead atoms. The van der Waals surface area contributed by atoms with Gasteiger partial charge in [-0.15, -0.1) is 0 Å². The molecular formula is C42H71NO12. The number of aryl methyl sites for hydroxylation is 1. The number of unbranched alkanes of at least 4 members (excludes halogenated alkanes) is 5. The molecule has 2 N–H and O–H groups in total. The SMILES string of the molecule is CCCCCCCCc1ccc(OCCOCCOCCOCCOCCOCCOCCOCCOCCOCCOCCOc2ccccc2N)cc1. The van der Waals surface area contributed by atoms with Gasteiger partial charge in [-0.25, -0.2) is 0 Å². The van der Waals surface area contributed by atoms with Gasteiger partial charge in [0.05, 0.1) is 138 Å². The Balaban J connectivity index is 1.17. The second-order valence-electron chi connectivity index (χ2n) is 12.5. The van der Waals surface area contributed by atoms with Crippen LogP contribution >= 0.6 is 0 Å². The van der Waals surface area contributed by atoms with Crippen molar-refractivity contribution >= 4 is 5.69 Å². The Labute approximate surface area is 330 Å². The predicted molar refractivity (Wildman–Crippen MR) is 214 cm³/mol. The molecule has 0 heterocycles. The van der Waals surface area contributed by atoms with E-state index in [1.807, 2.05) is 30.3 Å². The van der Waals surface area contributed by atoms with E-state index in [1.165, 1.54) is 44.1 Å².